The number of hydrogen-bond donors (Lipinski definition) is 0. The highest BCUT2D eigenvalue weighted by Gasteiger charge is 2.23. The molecule has 0 heteroatoms. The molecule has 0 radical (unpaired) electrons. The lowest BCUT2D eigenvalue weighted by Gasteiger charge is -2.17. The first-order valence-corrected chi connectivity index (χ1v) is 9.79. The minimum atomic E-state index is 1.13. The van der Waals surface area contributed by atoms with E-state index < -0.39 is 0 Å². The van der Waals surface area contributed by atoms with E-state index in [1.54, 1.807) is 11.6 Å². The molecule has 0 amide bonds. The van der Waals surface area contributed by atoms with Gasteiger partial charge in [0, 0.05) is 0 Å². The van der Waals surface area contributed by atoms with Crippen molar-refractivity contribution >= 4 is 11.1 Å². The first kappa shape index (κ1) is 20.0. The topological polar surface area (TPSA) is 0 Å². The summed E-state index contributed by atoms with van der Waals surface area (Å²) in [7, 11) is 0. The van der Waals surface area contributed by atoms with Crippen molar-refractivity contribution in [2.24, 2.45) is 0 Å². The molecule has 0 spiro atoms. The predicted molar refractivity (Wildman–Crippen MR) is 117 cm³/mol. The Hall–Kier alpha value is -2.34. The molecule has 4 rings (SSSR count). The Bertz CT molecular complexity index is 811. The summed E-state index contributed by atoms with van der Waals surface area (Å²) < 4.78 is 0. The Kier molecular flexibility index (Phi) is 7.21. The summed E-state index contributed by atoms with van der Waals surface area (Å²) >= 11 is 0. The van der Waals surface area contributed by atoms with Gasteiger partial charge in [-0.25, -0.2) is 0 Å². The molecule has 2 aliphatic carbocycles. The molecule has 2 aliphatic rings. The van der Waals surface area contributed by atoms with Gasteiger partial charge in [-0.05, 0) is 67.9 Å². The average Bonchev–Trinajstić information content (AvgIpc) is 3.08. The van der Waals surface area contributed by atoms with Crippen LogP contribution in [-0.4, -0.2) is 0 Å². The van der Waals surface area contributed by atoms with Crippen LogP contribution in [0.2, 0.25) is 0 Å². The zero-order valence-corrected chi connectivity index (χ0v) is 17.0. The molecule has 0 N–H and O–H groups in total. The van der Waals surface area contributed by atoms with Gasteiger partial charge in [0.05, 0.1) is 0 Å². The van der Waals surface area contributed by atoms with E-state index in [9.17, 15) is 0 Å². The molecule has 0 aromatic heterocycles. The Morgan fingerprint density at radius 1 is 0.923 bits per heavy atom. The molecule has 0 fully saturated rings. The van der Waals surface area contributed by atoms with E-state index in [-0.39, 0.29) is 0 Å². The zero-order chi connectivity index (χ0) is 19.1. The van der Waals surface area contributed by atoms with Gasteiger partial charge in [-0.2, -0.15) is 0 Å². The molecule has 0 saturated heterocycles. The van der Waals surface area contributed by atoms with Crippen LogP contribution in [0.15, 0.2) is 66.8 Å². The van der Waals surface area contributed by atoms with Crippen molar-refractivity contribution in [1.82, 2.24) is 0 Å². The van der Waals surface area contributed by atoms with Crippen LogP contribution in [0, 0.1) is 13.8 Å². The summed E-state index contributed by atoms with van der Waals surface area (Å²) in [5, 5.41) is 0. The highest BCUT2D eigenvalue weighted by Crippen LogP contribution is 2.43. The van der Waals surface area contributed by atoms with Crippen LogP contribution in [0.4, 0.5) is 0 Å². The minimum absolute atomic E-state index is 1.13. The average molecular weight is 345 g/mol. The standard InChI is InChI=1S/C21H20.C3H6.C2H6/c1-14-9-15(2)11-18(10-14)19-12-17-8-7-16-5-3-4-6-20(16)21(17)13-19;1-3-2;1-2/h3-6,9-11,13H,7-8,12H2,1-2H3;3H,1H2,2H3;1-2H3. The van der Waals surface area contributed by atoms with Gasteiger partial charge in [0.25, 0.3) is 0 Å². The van der Waals surface area contributed by atoms with E-state index in [1.165, 1.54) is 51.8 Å². The van der Waals surface area contributed by atoms with Crippen LogP contribution in [-0.2, 0) is 6.42 Å². The molecule has 0 saturated carbocycles. The lowest BCUT2D eigenvalue weighted by atomic mass is 9.87. The Labute approximate surface area is 160 Å². The van der Waals surface area contributed by atoms with Gasteiger partial charge in [0.15, 0.2) is 0 Å². The molecule has 0 atom stereocenters. The summed E-state index contributed by atoms with van der Waals surface area (Å²) in [5.74, 6) is 0. The Balaban J connectivity index is 0.000000444. The summed E-state index contributed by atoms with van der Waals surface area (Å²) in [5.41, 5.74) is 11.7. The largest absolute Gasteiger partial charge is 0.103 e. The van der Waals surface area contributed by atoms with Crippen LogP contribution in [0.1, 0.15) is 61.4 Å². The van der Waals surface area contributed by atoms with E-state index >= 15 is 0 Å². The first-order valence-electron chi connectivity index (χ1n) is 9.79. The number of rotatable bonds is 1. The third kappa shape index (κ3) is 4.43. The van der Waals surface area contributed by atoms with Crippen LogP contribution in [0.25, 0.3) is 11.1 Å². The summed E-state index contributed by atoms with van der Waals surface area (Å²) in [6, 6.07) is 15.8. The highest BCUT2D eigenvalue weighted by molar-refractivity contribution is 5.93. The number of hydrogen-bond acceptors (Lipinski definition) is 0. The van der Waals surface area contributed by atoms with Gasteiger partial charge in [-0.15, -0.1) is 6.58 Å². The van der Waals surface area contributed by atoms with Crippen LogP contribution < -0.4 is 0 Å². The molecule has 0 heterocycles. The molecule has 0 unspecified atom stereocenters. The van der Waals surface area contributed by atoms with E-state index in [2.05, 4.69) is 69.0 Å². The second-order valence-electron chi connectivity index (χ2n) is 6.81. The van der Waals surface area contributed by atoms with Crippen molar-refractivity contribution < 1.29 is 0 Å². The second-order valence-corrected chi connectivity index (χ2v) is 6.81. The van der Waals surface area contributed by atoms with Crippen molar-refractivity contribution in [2.75, 3.05) is 0 Å². The van der Waals surface area contributed by atoms with Gasteiger partial charge in [0.1, 0.15) is 0 Å². The summed E-state index contributed by atoms with van der Waals surface area (Å²) in [6.07, 6.45) is 7.73. The fraction of sp³-hybridized carbons (Fsp3) is 0.308. The summed E-state index contributed by atoms with van der Waals surface area (Å²) in [6.45, 7) is 13.6. The predicted octanol–water partition coefficient (Wildman–Crippen LogP) is 7.71. The summed E-state index contributed by atoms with van der Waals surface area (Å²) in [4.78, 5) is 0. The Morgan fingerprint density at radius 2 is 1.54 bits per heavy atom. The van der Waals surface area contributed by atoms with E-state index in [0.717, 1.165) is 6.42 Å². The maximum absolute atomic E-state index is 3.36. The third-order valence-electron chi connectivity index (χ3n) is 4.70. The molecule has 2 aromatic rings. The van der Waals surface area contributed by atoms with Gasteiger partial charge in [0.2, 0.25) is 0 Å². The minimum Gasteiger partial charge on any atom is -0.103 e. The monoisotopic (exact) mass is 344 g/mol. The third-order valence-corrected chi connectivity index (χ3v) is 4.70. The van der Waals surface area contributed by atoms with Crippen LogP contribution >= 0.6 is 0 Å². The number of aryl methyl sites for hydroxylation is 3. The van der Waals surface area contributed by atoms with Crippen LogP contribution in [0.3, 0.4) is 0 Å². The number of fused-ring (bicyclic) bond motifs is 2. The van der Waals surface area contributed by atoms with Crippen molar-refractivity contribution in [2.45, 2.75) is 53.9 Å². The second kappa shape index (κ2) is 9.38. The van der Waals surface area contributed by atoms with E-state index in [1.807, 2.05) is 20.8 Å². The number of allylic oxidation sites excluding steroid dienone is 5. The fourth-order valence-electron chi connectivity index (χ4n) is 3.78. The molecular formula is C26H32. The quantitative estimate of drug-likeness (QED) is 0.465. The molecule has 0 bridgehead atoms. The van der Waals surface area contributed by atoms with Gasteiger partial charge in [-0.1, -0.05) is 85.2 Å². The highest BCUT2D eigenvalue weighted by atomic mass is 14.3. The zero-order valence-electron chi connectivity index (χ0n) is 17.0. The Morgan fingerprint density at radius 3 is 2.19 bits per heavy atom. The van der Waals surface area contributed by atoms with Crippen molar-refractivity contribution in [3.8, 4) is 0 Å². The molecule has 26 heavy (non-hydrogen) atoms. The smallest absolute Gasteiger partial charge is 0.00516 e. The first-order chi connectivity index (χ1) is 12.6. The van der Waals surface area contributed by atoms with Crippen molar-refractivity contribution in [1.29, 1.82) is 0 Å². The van der Waals surface area contributed by atoms with Crippen molar-refractivity contribution in [3.63, 3.8) is 0 Å². The molecule has 2 aromatic carbocycles. The SMILES string of the molecule is C=CC.CC.Cc1cc(C)cc(C2=CC3=C(CCc4ccccc43)C2)c1. The molecule has 0 nitrogen and oxygen atoms in total. The van der Waals surface area contributed by atoms with E-state index in [0.29, 0.717) is 0 Å². The fourth-order valence-corrected chi connectivity index (χ4v) is 3.78. The molecule has 136 valence electrons. The lowest BCUT2D eigenvalue weighted by Crippen LogP contribution is -2.01. The van der Waals surface area contributed by atoms with Crippen molar-refractivity contribution in [3.05, 3.63) is 94.6 Å². The molecule has 0 aliphatic heterocycles. The maximum Gasteiger partial charge on any atom is -0.00516 e. The number of benzene rings is 2. The van der Waals surface area contributed by atoms with Gasteiger partial charge < -0.3 is 0 Å². The molecular weight excluding hydrogens is 312 g/mol. The normalized spacial score (nSPS) is 14.1. The van der Waals surface area contributed by atoms with Gasteiger partial charge in [-0.3, -0.25) is 0 Å². The van der Waals surface area contributed by atoms with Crippen LogP contribution in [0.5, 0.6) is 0 Å². The van der Waals surface area contributed by atoms with Gasteiger partial charge >= 0.3 is 0 Å². The maximum atomic E-state index is 3.36. The lowest BCUT2D eigenvalue weighted by molar-refractivity contribution is 0.904. The van der Waals surface area contributed by atoms with E-state index in [4.69, 9.17) is 0 Å².